The minimum atomic E-state index is -0.800. The van der Waals surface area contributed by atoms with E-state index in [1.54, 1.807) is 20.0 Å². The van der Waals surface area contributed by atoms with E-state index >= 15 is 0 Å². The van der Waals surface area contributed by atoms with Crippen LogP contribution in [0.4, 0.5) is 8.78 Å². The zero-order chi connectivity index (χ0) is 19.2. The molecule has 3 rings (SSSR count). The molecule has 0 atom stereocenters. The molecule has 134 valence electrons. The molecule has 0 bridgehead atoms. The molecule has 26 heavy (non-hydrogen) atoms. The van der Waals surface area contributed by atoms with Gasteiger partial charge < -0.3 is 0 Å². The summed E-state index contributed by atoms with van der Waals surface area (Å²) in [6, 6.07) is 8.04. The second kappa shape index (κ2) is 6.64. The van der Waals surface area contributed by atoms with Crippen LogP contribution in [0, 0.1) is 53.2 Å². The van der Waals surface area contributed by atoms with Gasteiger partial charge in [-0.3, -0.25) is 4.98 Å². The van der Waals surface area contributed by atoms with Gasteiger partial charge in [-0.15, -0.1) is 0 Å². The average molecular weight is 351 g/mol. The van der Waals surface area contributed by atoms with Gasteiger partial charge in [0.15, 0.2) is 11.6 Å². The van der Waals surface area contributed by atoms with Crippen LogP contribution in [0.25, 0.3) is 22.4 Å². The van der Waals surface area contributed by atoms with Gasteiger partial charge in [0.1, 0.15) is 0 Å². The van der Waals surface area contributed by atoms with E-state index in [1.165, 1.54) is 0 Å². The minimum absolute atomic E-state index is 0.290. The average Bonchev–Trinajstić information content (AvgIpc) is 2.57. The topological polar surface area (TPSA) is 12.9 Å². The van der Waals surface area contributed by atoms with E-state index in [0.29, 0.717) is 22.4 Å². The highest BCUT2D eigenvalue weighted by atomic mass is 19.2. The number of nitrogens with zero attached hydrogens (tertiary/aromatic N) is 1. The molecule has 0 aliphatic rings. The summed E-state index contributed by atoms with van der Waals surface area (Å²) in [6.45, 7) is 11.3. The Bertz CT molecular complexity index is 999. The number of hydrogen-bond donors (Lipinski definition) is 0. The highest BCUT2D eigenvalue weighted by molar-refractivity contribution is 5.87. The summed E-state index contributed by atoms with van der Waals surface area (Å²) in [6.07, 6.45) is 1.78. The Kier molecular flexibility index (Phi) is 4.66. The number of aryl methyl sites for hydroxylation is 4. The number of rotatable bonds is 2. The molecule has 3 aromatic rings. The Morgan fingerprint density at radius 2 is 1.19 bits per heavy atom. The van der Waals surface area contributed by atoms with Crippen LogP contribution in [0.2, 0.25) is 0 Å². The number of benzene rings is 2. The second-order valence-electron chi connectivity index (χ2n) is 7.16. The van der Waals surface area contributed by atoms with Crippen molar-refractivity contribution in [3.63, 3.8) is 0 Å². The van der Waals surface area contributed by atoms with Crippen LogP contribution in [0.1, 0.15) is 33.4 Å². The third kappa shape index (κ3) is 3.03. The molecule has 0 aliphatic carbocycles. The molecule has 0 amide bonds. The molecule has 0 saturated carbocycles. The molecular formula is C23H23F2N. The van der Waals surface area contributed by atoms with Crippen LogP contribution >= 0.6 is 0 Å². The van der Waals surface area contributed by atoms with Crippen molar-refractivity contribution in [2.75, 3.05) is 0 Å². The van der Waals surface area contributed by atoms with Gasteiger partial charge in [-0.1, -0.05) is 29.3 Å². The number of hydrogen-bond acceptors (Lipinski definition) is 1. The van der Waals surface area contributed by atoms with Crippen molar-refractivity contribution in [3.8, 4) is 22.4 Å². The smallest absolute Gasteiger partial charge is 0.162 e. The maximum atomic E-state index is 14.6. The highest BCUT2D eigenvalue weighted by Gasteiger charge is 2.23. The molecule has 2 aromatic carbocycles. The van der Waals surface area contributed by atoms with Gasteiger partial charge >= 0.3 is 0 Å². The van der Waals surface area contributed by atoms with Crippen LogP contribution in [-0.4, -0.2) is 4.98 Å². The fourth-order valence-corrected chi connectivity index (χ4v) is 3.48. The fourth-order valence-electron chi connectivity index (χ4n) is 3.48. The van der Waals surface area contributed by atoms with Gasteiger partial charge in [0.25, 0.3) is 0 Å². The van der Waals surface area contributed by atoms with E-state index in [1.807, 2.05) is 45.9 Å². The van der Waals surface area contributed by atoms with Crippen molar-refractivity contribution < 1.29 is 8.78 Å². The van der Waals surface area contributed by atoms with Crippen molar-refractivity contribution in [1.82, 2.24) is 4.98 Å². The third-order valence-corrected chi connectivity index (χ3v) is 4.99. The SMILES string of the molecule is Cc1cc(C)cc(-c2c(C)c(F)c(F)c(C)c2-c2cc(C)c(C)cn2)c1. The standard InChI is InChI=1S/C23H23F2N/c1-12-7-13(2)9-18(8-12)20-16(5)22(24)23(25)17(6)21(20)19-10-14(3)15(4)11-26-19/h7-11H,1-6H3. The molecule has 0 radical (unpaired) electrons. The number of aromatic nitrogens is 1. The number of pyridine rings is 1. The summed E-state index contributed by atoms with van der Waals surface area (Å²) in [4.78, 5) is 4.52. The maximum absolute atomic E-state index is 14.6. The molecule has 0 saturated heterocycles. The van der Waals surface area contributed by atoms with E-state index in [4.69, 9.17) is 0 Å². The predicted octanol–water partition coefficient (Wildman–Crippen LogP) is 6.54. The van der Waals surface area contributed by atoms with E-state index < -0.39 is 11.6 Å². The summed E-state index contributed by atoms with van der Waals surface area (Å²) in [5.41, 5.74) is 7.84. The van der Waals surface area contributed by atoms with Gasteiger partial charge in [-0.25, -0.2) is 8.78 Å². The molecule has 0 spiro atoms. The van der Waals surface area contributed by atoms with Crippen LogP contribution in [-0.2, 0) is 0 Å². The Morgan fingerprint density at radius 1 is 0.654 bits per heavy atom. The van der Waals surface area contributed by atoms with Crippen LogP contribution in [0.3, 0.4) is 0 Å². The lowest BCUT2D eigenvalue weighted by Crippen LogP contribution is -2.03. The van der Waals surface area contributed by atoms with Crippen molar-refractivity contribution >= 4 is 0 Å². The summed E-state index contributed by atoms with van der Waals surface area (Å²) >= 11 is 0. The third-order valence-electron chi connectivity index (χ3n) is 4.99. The first-order valence-corrected chi connectivity index (χ1v) is 8.71. The van der Waals surface area contributed by atoms with E-state index in [0.717, 1.165) is 27.8 Å². The normalized spacial score (nSPS) is 11.1. The lowest BCUT2D eigenvalue weighted by Gasteiger charge is -2.19. The van der Waals surface area contributed by atoms with Gasteiger partial charge in [-0.2, -0.15) is 0 Å². The first-order chi connectivity index (χ1) is 12.2. The van der Waals surface area contributed by atoms with Crippen molar-refractivity contribution in [2.24, 2.45) is 0 Å². The molecule has 0 aliphatic heterocycles. The lowest BCUT2D eigenvalue weighted by molar-refractivity contribution is 0.499. The Morgan fingerprint density at radius 3 is 1.73 bits per heavy atom. The monoisotopic (exact) mass is 351 g/mol. The van der Waals surface area contributed by atoms with E-state index in [2.05, 4.69) is 11.1 Å². The zero-order valence-electron chi connectivity index (χ0n) is 16.1. The second-order valence-corrected chi connectivity index (χ2v) is 7.16. The first kappa shape index (κ1) is 18.2. The van der Waals surface area contributed by atoms with Crippen molar-refractivity contribution in [3.05, 3.63) is 75.5 Å². The summed E-state index contributed by atoms with van der Waals surface area (Å²) in [7, 11) is 0. The predicted molar refractivity (Wildman–Crippen MR) is 103 cm³/mol. The molecular weight excluding hydrogens is 328 g/mol. The molecule has 0 unspecified atom stereocenters. The Hall–Kier alpha value is -2.55. The molecule has 1 aromatic heterocycles. The Labute approximate surface area is 153 Å². The number of halogens is 2. The fraction of sp³-hybridized carbons (Fsp3) is 0.261. The van der Waals surface area contributed by atoms with Gasteiger partial charge in [-0.05, 0) is 81.0 Å². The van der Waals surface area contributed by atoms with Crippen LogP contribution < -0.4 is 0 Å². The van der Waals surface area contributed by atoms with Gasteiger partial charge in [0.2, 0.25) is 0 Å². The van der Waals surface area contributed by atoms with Crippen LogP contribution in [0.15, 0.2) is 30.5 Å². The van der Waals surface area contributed by atoms with Gasteiger partial charge in [0, 0.05) is 11.8 Å². The summed E-state index contributed by atoms with van der Waals surface area (Å²) in [5.74, 6) is -1.59. The van der Waals surface area contributed by atoms with Crippen molar-refractivity contribution in [2.45, 2.75) is 41.5 Å². The summed E-state index contributed by atoms with van der Waals surface area (Å²) in [5, 5.41) is 0. The molecule has 0 N–H and O–H groups in total. The maximum Gasteiger partial charge on any atom is 0.162 e. The molecule has 0 fully saturated rings. The molecule has 1 nitrogen and oxygen atoms in total. The lowest BCUT2D eigenvalue weighted by atomic mass is 9.87. The quantitative estimate of drug-likeness (QED) is 0.510. The first-order valence-electron chi connectivity index (χ1n) is 8.71. The van der Waals surface area contributed by atoms with E-state index in [-0.39, 0.29) is 5.56 Å². The van der Waals surface area contributed by atoms with E-state index in [9.17, 15) is 8.78 Å². The largest absolute Gasteiger partial charge is 0.256 e. The molecule has 3 heteroatoms. The van der Waals surface area contributed by atoms with Crippen molar-refractivity contribution in [1.29, 1.82) is 0 Å². The zero-order valence-corrected chi connectivity index (χ0v) is 16.1. The highest BCUT2D eigenvalue weighted by Crippen LogP contribution is 2.40. The minimum Gasteiger partial charge on any atom is -0.256 e. The Balaban J connectivity index is 2.44. The van der Waals surface area contributed by atoms with Crippen LogP contribution in [0.5, 0.6) is 0 Å². The molecule has 1 heterocycles. The summed E-state index contributed by atoms with van der Waals surface area (Å²) < 4.78 is 29.2. The van der Waals surface area contributed by atoms with Gasteiger partial charge in [0.05, 0.1) is 5.69 Å².